The summed E-state index contributed by atoms with van der Waals surface area (Å²) in [5.41, 5.74) is 1.63. The van der Waals surface area contributed by atoms with E-state index in [4.69, 9.17) is 10.4 Å². The van der Waals surface area contributed by atoms with Gasteiger partial charge >= 0.3 is 0 Å². The molecule has 0 fully saturated rings. The molecule has 0 aliphatic rings. The fourth-order valence-corrected chi connectivity index (χ4v) is 1.02. The molecule has 0 radical (unpaired) electrons. The molecule has 2 N–H and O–H groups in total. The Hall–Kier alpha value is -1.37. The lowest BCUT2D eigenvalue weighted by atomic mass is 10.0. The van der Waals surface area contributed by atoms with Crippen LogP contribution in [-0.4, -0.2) is 16.3 Å². The van der Waals surface area contributed by atoms with Gasteiger partial charge in [-0.1, -0.05) is 29.8 Å². The number of hydrogen-bond donors (Lipinski definition) is 2. The molecule has 0 unspecified atom stereocenters. The molecule has 0 aliphatic heterocycles. The van der Waals surface area contributed by atoms with Gasteiger partial charge in [0.05, 0.1) is 6.07 Å². The van der Waals surface area contributed by atoms with E-state index in [2.05, 4.69) is 0 Å². The van der Waals surface area contributed by atoms with E-state index in [1.54, 1.807) is 18.2 Å². The van der Waals surface area contributed by atoms with Crippen molar-refractivity contribution in [3.05, 3.63) is 35.4 Å². The second kappa shape index (κ2) is 4.04. The van der Waals surface area contributed by atoms with Crippen LogP contribution < -0.4 is 0 Å². The Morgan fingerprint density at radius 3 is 2.23 bits per heavy atom. The number of aryl methyl sites for hydroxylation is 1. The van der Waals surface area contributed by atoms with Gasteiger partial charge in [-0.3, -0.25) is 0 Å². The first-order valence-electron chi connectivity index (χ1n) is 3.97. The van der Waals surface area contributed by atoms with E-state index in [0.29, 0.717) is 5.56 Å². The number of rotatable bonds is 2. The largest absolute Gasteiger partial charge is 0.385 e. The van der Waals surface area contributed by atoms with Crippen molar-refractivity contribution in [2.24, 2.45) is 0 Å². The van der Waals surface area contributed by atoms with E-state index in [9.17, 15) is 5.11 Å². The Balaban J connectivity index is 2.84. The molecule has 2 atom stereocenters. The molecule has 1 aromatic rings. The normalized spacial score (nSPS) is 14.6. The molecule has 0 saturated heterocycles. The van der Waals surface area contributed by atoms with E-state index in [-0.39, 0.29) is 0 Å². The summed E-state index contributed by atoms with van der Waals surface area (Å²) in [4.78, 5) is 0. The summed E-state index contributed by atoms with van der Waals surface area (Å²) in [6.45, 7) is 1.93. The van der Waals surface area contributed by atoms with Crippen LogP contribution in [-0.2, 0) is 0 Å². The van der Waals surface area contributed by atoms with Gasteiger partial charge < -0.3 is 10.2 Å². The first kappa shape index (κ1) is 9.72. The number of aliphatic hydroxyl groups excluding tert-OH is 2. The average molecular weight is 177 g/mol. The van der Waals surface area contributed by atoms with Crippen molar-refractivity contribution in [1.29, 1.82) is 5.26 Å². The summed E-state index contributed by atoms with van der Waals surface area (Å²) in [5, 5.41) is 26.8. The van der Waals surface area contributed by atoms with Crippen molar-refractivity contribution in [2.75, 3.05) is 0 Å². The Labute approximate surface area is 76.9 Å². The van der Waals surface area contributed by atoms with Gasteiger partial charge in [-0.15, -0.1) is 0 Å². The topological polar surface area (TPSA) is 64.2 Å². The van der Waals surface area contributed by atoms with Crippen LogP contribution in [0.5, 0.6) is 0 Å². The van der Waals surface area contributed by atoms with E-state index in [0.717, 1.165) is 5.56 Å². The van der Waals surface area contributed by atoms with Crippen LogP contribution in [0.25, 0.3) is 0 Å². The van der Waals surface area contributed by atoms with Gasteiger partial charge in [0.1, 0.15) is 6.10 Å². The minimum absolute atomic E-state index is 0.555. The number of benzene rings is 1. The van der Waals surface area contributed by atoms with Crippen molar-refractivity contribution in [3.8, 4) is 6.07 Å². The maximum atomic E-state index is 9.41. The quantitative estimate of drug-likeness (QED) is 0.660. The number of nitrogens with zero attached hydrogens (tertiary/aromatic N) is 1. The van der Waals surface area contributed by atoms with Gasteiger partial charge in [-0.05, 0) is 12.5 Å². The van der Waals surface area contributed by atoms with E-state index in [1.807, 2.05) is 19.1 Å². The van der Waals surface area contributed by atoms with Crippen LogP contribution >= 0.6 is 0 Å². The van der Waals surface area contributed by atoms with Crippen LogP contribution in [0.3, 0.4) is 0 Å². The van der Waals surface area contributed by atoms with Crippen molar-refractivity contribution in [2.45, 2.75) is 19.1 Å². The van der Waals surface area contributed by atoms with Crippen LogP contribution in [0.4, 0.5) is 0 Å². The van der Waals surface area contributed by atoms with Gasteiger partial charge in [0.2, 0.25) is 0 Å². The standard InChI is InChI=1S/C10H11NO2/c1-7-2-4-8(5-3-7)10(13)9(12)6-11/h2-5,9-10,12-13H,1H3/t9-,10+/m0/s1. The molecular formula is C10H11NO2. The van der Waals surface area contributed by atoms with E-state index >= 15 is 0 Å². The summed E-state index contributed by atoms with van der Waals surface area (Å²) >= 11 is 0. The van der Waals surface area contributed by atoms with E-state index < -0.39 is 12.2 Å². The third kappa shape index (κ3) is 2.28. The molecule has 13 heavy (non-hydrogen) atoms. The molecule has 68 valence electrons. The highest BCUT2D eigenvalue weighted by Crippen LogP contribution is 2.16. The van der Waals surface area contributed by atoms with Crippen molar-refractivity contribution >= 4 is 0 Å². The molecule has 0 aromatic heterocycles. The fraction of sp³-hybridized carbons (Fsp3) is 0.300. The summed E-state index contributed by atoms with van der Waals surface area (Å²) in [7, 11) is 0. The van der Waals surface area contributed by atoms with Gasteiger partial charge in [0.25, 0.3) is 0 Å². The van der Waals surface area contributed by atoms with Crippen molar-refractivity contribution in [1.82, 2.24) is 0 Å². The third-order valence-corrected chi connectivity index (χ3v) is 1.85. The minimum atomic E-state index is -1.36. The van der Waals surface area contributed by atoms with Crippen LogP contribution in [0.1, 0.15) is 17.2 Å². The highest BCUT2D eigenvalue weighted by molar-refractivity contribution is 5.24. The lowest BCUT2D eigenvalue weighted by molar-refractivity contribution is 0.0528. The SMILES string of the molecule is Cc1ccc([C@@H](O)[C@@H](O)C#N)cc1. The van der Waals surface area contributed by atoms with Crippen LogP contribution in [0.2, 0.25) is 0 Å². The van der Waals surface area contributed by atoms with Crippen molar-refractivity contribution in [3.63, 3.8) is 0 Å². The Bertz CT molecular complexity index is 313. The zero-order chi connectivity index (χ0) is 9.84. The summed E-state index contributed by atoms with van der Waals surface area (Å²) in [6.07, 6.45) is -2.48. The molecule has 0 amide bonds. The number of hydrogen-bond acceptors (Lipinski definition) is 3. The second-order valence-corrected chi connectivity index (χ2v) is 2.93. The molecular weight excluding hydrogens is 166 g/mol. The predicted molar refractivity (Wildman–Crippen MR) is 47.8 cm³/mol. The van der Waals surface area contributed by atoms with Gasteiger partial charge in [0.15, 0.2) is 6.10 Å². The average Bonchev–Trinajstić information content (AvgIpc) is 2.17. The summed E-state index contributed by atoms with van der Waals surface area (Å²) in [6, 6.07) is 8.62. The van der Waals surface area contributed by atoms with Gasteiger partial charge in [-0.25, -0.2) is 0 Å². The predicted octanol–water partition coefficient (Wildman–Crippen LogP) is 0.913. The van der Waals surface area contributed by atoms with E-state index in [1.165, 1.54) is 0 Å². The molecule has 0 aliphatic carbocycles. The Kier molecular flexibility index (Phi) is 3.02. The number of aliphatic hydroxyl groups is 2. The lowest BCUT2D eigenvalue weighted by Crippen LogP contribution is -2.15. The maximum absolute atomic E-state index is 9.41. The smallest absolute Gasteiger partial charge is 0.170 e. The molecule has 0 bridgehead atoms. The summed E-state index contributed by atoms with van der Waals surface area (Å²) < 4.78 is 0. The highest BCUT2D eigenvalue weighted by Gasteiger charge is 2.16. The molecule has 3 nitrogen and oxygen atoms in total. The van der Waals surface area contributed by atoms with Gasteiger partial charge in [0, 0.05) is 0 Å². The van der Waals surface area contributed by atoms with Crippen molar-refractivity contribution < 1.29 is 10.2 Å². The maximum Gasteiger partial charge on any atom is 0.170 e. The molecule has 1 aromatic carbocycles. The molecule has 0 spiro atoms. The first-order chi connectivity index (χ1) is 6.15. The lowest BCUT2D eigenvalue weighted by Gasteiger charge is -2.11. The van der Waals surface area contributed by atoms with Crippen LogP contribution in [0, 0.1) is 18.3 Å². The Morgan fingerprint density at radius 2 is 1.77 bits per heavy atom. The zero-order valence-electron chi connectivity index (χ0n) is 7.31. The molecule has 1 rings (SSSR count). The monoisotopic (exact) mass is 177 g/mol. The minimum Gasteiger partial charge on any atom is -0.385 e. The highest BCUT2D eigenvalue weighted by atomic mass is 16.3. The van der Waals surface area contributed by atoms with Gasteiger partial charge in [-0.2, -0.15) is 5.26 Å². The Morgan fingerprint density at radius 1 is 1.23 bits per heavy atom. The zero-order valence-corrected chi connectivity index (χ0v) is 7.31. The molecule has 0 saturated carbocycles. The summed E-state index contributed by atoms with van der Waals surface area (Å²) in [5.74, 6) is 0. The van der Waals surface area contributed by atoms with Crippen LogP contribution in [0.15, 0.2) is 24.3 Å². The fourth-order valence-electron chi connectivity index (χ4n) is 1.02. The molecule has 3 heteroatoms. The first-order valence-corrected chi connectivity index (χ1v) is 3.97. The molecule has 0 heterocycles. The third-order valence-electron chi connectivity index (χ3n) is 1.85. The number of nitriles is 1. The second-order valence-electron chi connectivity index (χ2n) is 2.93.